The number of nitrogens with one attached hydrogen (secondary N) is 4. The lowest BCUT2D eigenvalue weighted by atomic mass is 10.1. The van der Waals surface area contributed by atoms with Crippen LogP contribution in [0, 0.1) is 5.41 Å². The van der Waals surface area contributed by atoms with Crippen LogP contribution in [0.25, 0.3) is 0 Å². The van der Waals surface area contributed by atoms with Gasteiger partial charge in [-0.2, -0.15) is 0 Å². The molecule has 12 heteroatoms. The van der Waals surface area contributed by atoms with Crippen LogP contribution in [0.1, 0.15) is 16.7 Å². The summed E-state index contributed by atoms with van der Waals surface area (Å²) in [5, 5.41) is 31.1. The minimum absolute atomic E-state index is 0.0799. The molecule has 0 aliphatic rings. The first-order valence-corrected chi connectivity index (χ1v) is 11.6. The monoisotopic (exact) mass is 477 g/mol. The van der Waals surface area contributed by atoms with E-state index in [1.54, 1.807) is 54.6 Å². The van der Waals surface area contributed by atoms with Crippen molar-refractivity contribution >= 4 is 27.7 Å². The number of nitrogens with two attached hydrogens (primary N) is 1. The fourth-order valence-corrected chi connectivity index (χ4v) is 4.14. The van der Waals surface area contributed by atoms with Gasteiger partial charge in [0.1, 0.15) is 17.9 Å². The van der Waals surface area contributed by atoms with Crippen molar-refractivity contribution in [1.82, 2.24) is 15.4 Å². The molecule has 2 amide bonds. The lowest BCUT2D eigenvalue weighted by Crippen LogP contribution is -2.56. The van der Waals surface area contributed by atoms with Crippen molar-refractivity contribution in [2.75, 3.05) is 13.2 Å². The molecule has 0 fully saturated rings. The van der Waals surface area contributed by atoms with Gasteiger partial charge in [0.25, 0.3) is 0 Å². The molecule has 0 bridgehead atoms. The molecule has 0 saturated heterocycles. The van der Waals surface area contributed by atoms with E-state index in [9.17, 15) is 28.2 Å². The number of rotatable bonds is 12. The Bertz CT molecular complexity index is 1060. The smallest absolute Gasteiger partial charge is 0.245 e. The minimum atomic E-state index is -3.97. The number of nitrogen functional groups attached to an aromatic ring is 1. The van der Waals surface area contributed by atoms with Gasteiger partial charge >= 0.3 is 0 Å². The number of amidine groups is 1. The normalized spacial score (nSPS) is 13.0. The summed E-state index contributed by atoms with van der Waals surface area (Å²) in [5.41, 5.74) is 7.10. The summed E-state index contributed by atoms with van der Waals surface area (Å²) in [4.78, 5) is 24.8. The van der Waals surface area contributed by atoms with E-state index in [0.717, 1.165) is 0 Å². The third-order valence-electron chi connectivity index (χ3n) is 4.57. The molecule has 11 nitrogen and oxygen atoms in total. The lowest BCUT2D eigenvalue weighted by Gasteiger charge is -2.21. The molecule has 2 rings (SSSR count). The van der Waals surface area contributed by atoms with Gasteiger partial charge in [0.05, 0.1) is 19.0 Å². The van der Waals surface area contributed by atoms with E-state index >= 15 is 0 Å². The van der Waals surface area contributed by atoms with Crippen molar-refractivity contribution in [3.05, 3.63) is 71.3 Å². The number of amides is 2. The summed E-state index contributed by atoms with van der Waals surface area (Å²) in [6.45, 7) is -1.51. The second-order valence-electron chi connectivity index (χ2n) is 7.17. The zero-order chi connectivity index (χ0) is 24.4. The van der Waals surface area contributed by atoms with Crippen molar-refractivity contribution in [2.24, 2.45) is 5.73 Å². The standard InChI is InChI=1S/C21H27N5O6S/c22-19(23)16-8-6-14(7-9-16)10-24-20(29)17(11-27)25-21(30)18(12-28)26-33(31,32)13-15-4-2-1-3-5-15/h1-9,17-18,26-28H,10-13H2,(H3,22,23)(H,24,29)(H,25,30)/t17-,18?/m0/s1. The minimum Gasteiger partial charge on any atom is -0.394 e. The van der Waals surface area contributed by atoms with Crippen LogP contribution in [-0.4, -0.2) is 61.6 Å². The van der Waals surface area contributed by atoms with Crippen LogP contribution in [0.5, 0.6) is 0 Å². The van der Waals surface area contributed by atoms with Gasteiger partial charge in [-0.3, -0.25) is 15.0 Å². The lowest BCUT2D eigenvalue weighted by molar-refractivity contribution is -0.131. The molecule has 0 aliphatic heterocycles. The van der Waals surface area contributed by atoms with Crippen molar-refractivity contribution < 1.29 is 28.2 Å². The Morgan fingerprint density at radius 1 is 0.909 bits per heavy atom. The molecule has 178 valence electrons. The molecule has 33 heavy (non-hydrogen) atoms. The van der Waals surface area contributed by atoms with Crippen LogP contribution < -0.4 is 21.1 Å². The molecular weight excluding hydrogens is 450 g/mol. The van der Waals surface area contributed by atoms with Gasteiger partial charge in [-0.15, -0.1) is 0 Å². The quantitative estimate of drug-likeness (QED) is 0.143. The van der Waals surface area contributed by atoms with Crippen LogP contribution in [-0.2, 0) is 31.9 Å². The number of sulfonamides is 1. The van der Waals surface area contributed by atoms with Crippen LogP contribution in [0.4, 0.5) is 0 Å². The maximum absolute atomic E-state index is 12.4. The first-order valence-electron chi connectivity index (χ1n) is 9.92. The number of carbonyl (C=O) groups excluding carboxylic acids is 2. The molecule has 2 atom stereocenters. The molecule has 2 aromatic rings. The van der Waals surface area contributed by atoms with Crippen molar-refractivity contribution in [1.29, 1.82) is 5.41 Å². The molecule has 2 aromatic carbocycles. The average molecular weight is 478 g/mol. The summed E-state index contributed by atoms with van der Waals surface area (Å²) in [5.74, 6) is -2.16. The first kappa shape index (κ1) is 25.9. The predicted octanol–water partition coefficient (Wildman–Crippen LogP) is -1.46. The topological polar surface area (TPSA) is 195 Å². The van der Waals surface area contributed by atoms with Gasteiger partial charge in [-0.25, -0.2) is 13.1 Å². The van der Waals surface area contributed by atoms with E-state index in [1.807, 2.05) is 0 Å². The molecule has 0 radical (unpaired) electrons. The van der Waals surface area contributed by atoms with E-state index < -0.39 is 52.9 Å². The van der Waals surface area contributed by atoms with Crippen LogP contribution in [0.3, 0.4) is 0 Å². The number of aliphatic hydroxyl groups is 2. The number of carbonyl (C=O) groups is 2. The van der Waals surface area contributed by atoms with E-state index in [4.69, 9.17) is 11.1 Å². The molecule has 0 aliphatic carbocycles. The van der Waals surface area contributed by atoms with Gasteiger partial charge in [0.15, 0.2) is 0 Å². The Morgan fingerprint density at radius 2 is 1.52 bits per heavy atom. The molecular formula is C21H27N5O6S. The van der Waals surface area contributed by atoms with Gasteiger partial charge in [-0.05, 0) is 11.1 Å². The Kier molecular flexibility index (Phi) is 9.48. The first-order chi connectivity index (χ1) is 15.6. The Labute approximate surface area is 191 Å². The highest BCUT2D eigenvalue weighted by Gasteiger charge is 2.28. The molecule has 0 spiro atoms. The summed E-state index contributed by atoms with van der Waals surface area (Å²) in [7, 11) is -3.97. The van der Waals surface area contributed by atoms with Crippen LogP contribution in [0.15, 0.2) is 54.6 Å². The molecule has 0 aromatic heterocycles. The predicted molar refractivity (Wildman–Crippen MR) is 121 cm³/mol. The van der Waals surface area contributed by atoms with Gasteiger partial charge in [-0.1, -0.05) is 54.6 Å². The highest BCUT2D eigenvalue weighted by Crippen LogP contribution is 2.06. The zero-order valence-electron chi connectivity index (χ0n) is 17.7. The number of benzene rings is 2. The maximum atomic E-state index is 12.4. The third kappa shape index (κ3) is 8.27. The summed E-state index contributed by atoms with van der Waals surface area (Å²) < 4.78 is 26.8. The highest BCUT2D eigenvalue weighted by molar-refractivity contribution is 7.88. The van der Waals surface area contributed by atoms with E-state index in [-0.39, 0.29) is 12.4 Å². The second kappa shape index (κ2) is 12.1. The van der Waals surface area contributed by atoms with E-state index in [1.165, 1.54) is 0 Å². The fourth-order valence-electron chi connectivity index (χ4n) is 2.81. The Balaban J connectivity index is 1.93. The van der Waals surface area contributed by atoms with Crippen LogP contribution in [0.2, 0.25) is 0 Å². The number of hydrogen-bond acceptors (Lipinski definition) is 7. The molecule has 8 N–H and O–H groups in total. The molecule has 0 saturated carbocycles. The molecule has 0 heterocycles. The van der Waals surface area contributed by atoms with Gasteiger partial charge in [0, 0.05) is 12.1 Å². The molecule has 1 unspecified atom stereocenters. The second-order valence-corrected chi connectivity index (χ2v) is 8.92. The Morgan fingerprint density at radius 3 is 2.06 bits per heavy atom. The Hall–Kier alpha value is -3.32. The van der Waals surface area contributed by atoms with Crippen molar-refractivity contribution in [2.45, 2.75) is 24.4 Å². The zero-order valence-corrected chi connectivity index (χ0v) is 18.5. The summed E-state index contributed by atoms with van der Waals surface area (Å²) in [6.07, 6.45) is 0. The van der Waals surface area contributed by atoms with Gasteiger partial charge in [0.2, 0.25) is 21.8 Å². The fraction of sp³-hybridized carbons (Fsp3) is 0.286. The largest absolute Gasteiger partial charge is 0.394 e. The van der Waals surface area contributed by atoms with Crippen molar-refractivity contribution in [3.8, 4) is 0 Å². The average Bonchev–Trinajstić information content (AvgIpc) is 2.79. The van der Waals surface area contributed by atoms with E-state index in [2.05, 4.69) is 15.4 Å². The highest BCUT2D eigenvalue weighted by atomic mass is 32.2. The maximum Gasteiger partial charge on any atom is 0.245 e. The summed E-state index contributed by atoms with van der Waals surface area (Å²) >= 11 is 0. The SMILES string of the molecule is N=C(N)c1ccc(CNC(=O)[C@H](CO)NC(=O)C(CO)NS(=O)(=O)Cc2ccccc2)cc1. The number of aliphatic hydroxyl groups excluding tert-OH is 2. The van der Waals surface area contributed by atoms with Gasteiger partial charge < -0.3 is 26.6 Å². The van der Waals surface area contributed by atoms with Crippen LogP contribution >= 0.6 is 0 Å². The number of hydrogen-bond donors (Lipinski definition) is 7. The van der Waals surface area contributed by atoms with E-state index in [0.29, 0.717) is 16.7 Å². The summed E-state index contributed by atoms with van der Waals surface area (Å²) in [6, 6.07) is 11.9. The van der Waals surface area contributed by atoms with Crippen molar-refractivity contribution in [3.63, 3.8) is 0 Å². The third-order valence-corrected chi connectivity index (χ3v) is 5.92.